The maximum atomic E-state index is 6.14. The second kappa shape index (κ2) is 10.2. The number of pyridine rings is 1. The largest absolute Gasteiger partial charge is 0.433 e. The number of anilines is 2. The minimum absolute atomic E-state index is 0.249. The van der Waals surface area contributed by atoms with Crippen molar-refractivity contribution < 1.29 is 4.74 Å². The van der Waals surface area contributed by atoms with Crippen LogP contribution >= 0.6 is 0 Å². The van der Waals surface area contributed by atoms with Crippen LogP contribution in [0.2, 0.25) is 0 Å². The number of nitrogen functional groups attached to an aromatic ring is 1. The number of hydrogen-bond acceptors (Lipinski definition) is 9. The van der Waals surface area contributed by atoms with Gasteiger partial charge in [0, 0.05) is 24.7 Å². The van der Waals surface area contributed by atoms with Crippen LogP contribution < -0.4 is 20.7 Å². The second-order valence-corrected chi connectivity index (χ2v) is 9.66. The van der Waals surface area contributed by atoms with Crippen molar-refractivity contribution in [1.29, 1.82) is 0 Å². The summed E-state index contributed by atoms with van der Waals surface area (Å²) in [7, 11) is 4.08. The number of hydrogen-bond donors (Lipinski definition) is 2. The zero-order valence-corrected chi connectivity index (χ0v) is 20.8. The van der Waals surface area contributed by atoms with Crippen molar-refractivity contribution >= 4 is 11.6 Å². The number of nitrogens with two attached hydrogens (primary N) is 1. The van der Waals surface area contributed by atoms with Crippen LogP contribution in [0.1, 0.15) is 44.3 Å². The number of piperidine rings is 1. The maximum absolute atomic E-state index is 6.14. The minimum atomic E-state index is 0.249. The molecule has 0 saturated carbocycles. The number of likely N-dealkylation sites (tertiary alicyclic amines) is 1. The summed E-state index contributed by atoms with van der Waals surface area (Å²) in [6.07, 6.45) is 9.84. The van der Waals surface area contributed by atoms with E-state index in [-0.39, 0.29) is 11.7 Å². The average molecular weight is 478 g/mol. The van der Waals surface area contributed by atoms with Crippen LogP contribution in [-0.2, 0) is 6.54 Å². The lowest BCUT2D eigenvalue weighted by Crippen LogP contribution is -2.31. The highest BCUT2D eigenvalue weighted by Crippen LogP contribution is 2.32. The maximum Gasteiger partial charge on any atom is 0.263 e. The fraction of sp³-hybridized carbons (Fsp3) is 0.520. The predicted molar refractivity (Wildman–Crippen MR) is 137 cm³/mol. The van der Waals surface area contributed by atoms with Gasteiger partial charge in [-0.25, -0.2) is 15.0 Å². The molecule has 10 nitrogen and oxygen atoms in total. The molecule has 10 heteroatoms. The van der Waals surface area contributed by atoms with Gasteiger partial charge in [0.1, 0.15) is 5.82 Å². The van der Waals surface area contributed by atoms with Gasteiger partial charge in [0.15, 0.2) is 11.6 Å². The third-order valence-corrected chi connectivity index (χ3v) is 6.99. The molecule has 0 bridgehead atoms. The lowest BCUT2D eigenvalue weighted by molar-refractivity contribution is 0.212. The van der Waals surface area contributed by atoms with Crippen LogP contribution in [0.15, 0.2) is 30.7 Å². The van der Waals surface area contributed by atoms with Gasteiger partial charge in [0.05, 0.1) is 36.0 Å². The first-order valence-corrected chi connectivity index (χ1v) is 12.5. The summed E-state index contributed by atoms with van der Waals surface area (Å²) < 4.78 is 8.05. The summed E-state index contributed by atoms with van der Waals surface area (Å²) in [5, 5.41) is 7.73. The first-order chi connectivity index (χ1) is 17.0. The second-order valence-electron chi connectivity index (χ2n) is 9.66. The molecular weight excluding hydrogens is 442 g/mol. The summed E-state index contributed by atoms with van der Waals surface area (Å²) >= 11 is 0. The highest BCUT2D eigenvalue weighted by Gasteiger charge is 2.23. The normalized spacial score (nSPS) is 19.4. The molecule has 0 aliphatic carbocycles. The highest BCUT2D eigenvalue weighted by atomic mass is 16.5. The monoisotopic (exact) mass is 477 g/mol. The number of ether oxygens (including phenoxy) is 1. The van der Waals surface area contributed by atoms with Crippen LogP contribution in [0.25, 0.3) is 11.3 Å². The van der Waals surface area contributed by atoms with E-state index in [1.54, 1.807) is 12.4 Å². The van der Waals surface area contributed by atoms with Gasteiger partial charge in [-0.3, -0.25) is 4.68 Å². The molecule has 3 aromatic heterocycles. The fourth-order valence-corrected chi connectivity index (χ4v) is 4.95. The molecule has 2 saturated heterocycles. The molecule has 0 amide bonds. The molecule has 2 aliphatic heterocycles. The SMILES string of the molecule is CNCc1cc(-c2cnc(N)c(Oc3cnn(C4CCN(C)CC4)c3)n2)cc(N2CCC[C@H]2C)n1. The van der Waals surface area contributed by atoms with Crippen molar-refractivity contribution in [1.82, 2.24) is 34.9 Å². The zero-order chi connectivity index (χ0) is 24.4. The van der Waals surface area contributed by atoms with Crippen LogP contribution in [0.4, 0.5) is 11.6 Å². The Morgan fingerprint density at radius 1 is 1.11 bits per heavy atom. The number of nitrogens with zero attached hydrogens (tertiary/aromatic N) is 7. The van der Waals surface area contributed by atoms with Crippen molar-refractivity contribution in [2.45, 2.75) is 51.2 Å². The van der Waals surface area contributed by atoms with E-state index in [1.807, 2.05) is 24.0 Å². The molecule has 186 valence electrons. The predicted octanol–water partition coefficient (Wildman–Crippen LogP) is 3.08. The molecule has 0 spiro atoms. The molecule has 1 atom stereocenters. The van der Waals surface area contributed by atoms with Crippen molar-refractivity contribution in [3.8, 4) is 22.9 Å². The average Bonchev–Trinajstić information content (AvgIpc) is 3.50. The summed E-state index contributed by atoms with van der Waals surface area (Å²) in [6.45, 7) is 6.08. The molecule has 0 aromatic carbocycles. The van der Waals surface area contributed by atoms with Gasteiger partial charge in [0.2, 0.25) is 0 Å². The van der Waals surface area contributed by atoms with Crippen LogP contribution in [-0.4, -0.2) is 69.4 Å². The van der Waals surface area contributed by atoms with Crippen molar-refractivity contribution in [2.75, 3.05) is 44.4 Å². The molecule has 2 aliphatic rings. The lowest BCUT2D eigenvalue weighted by Gasteiger charge is -2.28. The van der Waals surface area contributed by atoms with E-state index >= 15 is 0 Å². The first-order valence-electron chi connectivity index (χ1n) is 12.5. The quantitative estimate of drug-likeness (QED) is 0.530. The van der Waals surface area contributed by atoms with Gasteiger partial charge >= 0.3 is 0 Å². The van der Waals surface area contributed by atoms with Crippen LogP contribution in [0, 0.1) is 0 Å². The van der Waals surface area contributed by atoms with Crippen LogP contribution in [0.5, 0.6) is 11.6 Å². The Hall–Kier alpha value is -3.24. The minimum Gasteiger partial charge on any atom is -0.433 e. The summed E-state index contributed by atoms with van der Waals surface area (Å²) in [4.78, 5) is 18.7. The Balaban J connectivity index is 1.40. The van der Waals surface area contributed by atoms with Gasteiger partial charge < -0.3 is 25.6 Å². The smallest absolute Gasteiger partial charge is 0.263 e. The standard InChI is InChI=1S/C25H35N9O/c1-17-5-4-8-33(17)23-12-18(11-19(30-23)13-27-2)22-15-28-24(26)25(31-22)35-21-14-29-34(16-21)20-6-9-32(3)10-7-20/h11-12,14-17,20,27H,4-10,13H2,1-3H3,(H2,26,28)/t17-/m1/s1. The number of nitrogens with one attached hydrogen (secondary N) is 1. The fourth-order valence-electron chi connectivity index (χ4n) is 4.95. The third kappa shape index (κ3) is 5.23. The van der Waals surface area contributed by atoms with Gasteiger partial charge in [-0.1, -0.05) is 0 Å². The van der Waals surface area contributed by atoms with E-state index in [9.17, 15) is 0 Å². The zero-order valence-electron chi connectivity index (χ0n) is 20.8. The first kappa shape index (κ1) is 23.5. The Morgan fingerprint density at radius 3 is 2.69 bits per heavy atom. The van der Waals surface area contributed by atoms with Gasteiger partial charge in [0.25, 0.3) is 5.88 Å². The van der Waals surface area contributed by atoms with E-state index in [0.29, 0.717) is 30.1 Å². The molecule has 35 heavy (non-hydrogen) atoms. The molecule has 0 radical (unpaired) electrons. The molecule has 0 unspecified atom stereocenters. The molecular formula is C25H35N9O. The Kier molecular flexibility index (Phi) is 6.83. The lowest BCUT2D eigenvalue weighted by atomic mass is 10.1. The number of rotatable bonds is 7. The third-order valence-electron chi connectivity index (χ3n) is 6.99. The molecule has 2 fully saturated rings. The van der Waals surface area contributed by atoms with Gasteiger partial charge in [-0.15, -0.1) is 0 Å². The topological polar surface area (TPSA) is 110 Å². The summed E-state index contributed by atoms with van der Waals surface area (Å²) in [6, 6.07) is 4.98. The molecule has 3 N–H and O–H groups in total. The Labute approximate surface area is 206 Å². The number of aromatic nitrogens is 5. The Bertz CT molecular complexity index is 1160. The van der Waals surface area contributed by atoms with E-state index < -0.39 is 0 Å². The molecule has 5 heterocycles. The van der Waals surface area contributed by atoms with Crippen molar-refractivity contribution in [2.24, 2.45) is 0 Å². The Morgan fingerprint density at radius 2 is 1.94 bits per heavy atom. The van der Waals surface area contributed by atoms with E-state index in [2.05, 4.69) is 45.2 Å². The van der Waals surface area contributed by atoms with E-state index in [0.717, 1.165) is 49.6 Å². The van der Waals surface area contributed by atoms with Gasteiger partial charge in [-0.2, -0.15) is 5.10 Å². The summed E-state index contributed by atoms with van der Waals surface area (Å²) in [5.74, 6) is 2.12. The summed E-state index contributed by atoms with van der Waals surface area (Å²) in [5.41, 5.74) is 8.74. The van der Waals surface area contributed by atoms with Crippen molar-refractivity contribution in [3.05, 3.63) is 36.4 Å². The molecule has 5 rings (SSSR count). The van der Waals surface area contributed by atoms with Gasteiger partial charge in [-0.05, 0) is 71.9 Å². The highest BCUT2D eigenvalue weighted by molar-refractivity contribution is 5.65. The van der Waals surface area contributed by atoms with Crippen molar-refractivity contribution in [3.63, 3.8) is 0 Å². The van der Waals surface area contributed by atoms with Crippen LogP contribution in [0.3, 0.4) is 0 Å². The van der Waals surface area contributed by atoms with E-state index in [1.165, 1.54) is 12.8 Å². The van der Waals surface area contributed by atoms with E-state index in [4.69, 9.17) is 20.4 Å². The molecule has 3 aromatic rings.